The molecule has 1 saturated heterocycles. The third-order valence-corrected chi connectivity index (χ3v) is 6.44. The molecule has 0 aliphatic carbocycles. The second-order valence-electron chi connectivity index (χ2n) is 9.44. The van der Waals surface area contributed by atoms with Crippen molar-refractivity contribution < 1.29 is 24.9 Å². The number of carbonyl (C=O) groups is 1. The van der Waals surface area contributed by atoms with E-state index in [0.29, 0.717) is 42.4 Å². The Morgan fingerprint density at radius 1 is 1.05 bits per heavy atom. The smallest absolute Gasteiger partial charge is 0.290 e. The highest BCUT2D eigenvalue weighted by atomic mass is 16.6. The number of aromatic nitrogens is 10. The molecule has 42 heavy (non-hydrogen) atoms. The van der Waals surface area contributed by atoms with Crippen molar-refractivity contribution in [1.82, 2.24) is 49.3 Å². The average molecular weight is 579 g/mol. The van der Waals surface area contributed by atoms with Gasteiger partial charge in [0, 0.05) is 32.8 Å². The molecule has 0 bridgehead atoms. The largest absolute Gasteiger partial charge is 0.483 e. The van der Waals surface area contributed by atoms with Crippen molar-refractivity contribution in [3.63, 3.8) is 0 Å². The van der Waals surface area contributed by atoms with Crippen molar-refractivity contribution in [1.29, 1.82) is 0 Å². The molecule has 1 aliphatic rings. The standard InChI is InChI=1S/C24H28N12O3.CH2O2/c1-34-11-15(27-12-34)8-9-25-24-29-20(26-10-14-6-4-3-5-7-14)16-22(30-24)36(13-28-16)23-18(38)17(37)19(39-23)21-31-33-35(2)32-21;2-1-3/h3-7,11-13,17-19,23,37-38H,8-10H2,1-2H3,(H2,25,26,29,30);1H,(H,2,3)/t17-,18+,19-,23+;/m0./s1. The van der Waals surface area contributed by atoms with Gasteiger partial charge in [0.1, 0.15) is 12.2 Å². The summed E-state index contributed by atoms with van der Waals surface area (Å²) in [7, 11) is 3.53. The van der Waals surface area contributed by atoms with Gasteiger partial charge in [0.05, 0.1) is 25.4 Å². The lowest BCUT2D eigenvalue weighted by Gasteiger charge is -2.17. The van der Waals surface area contributed by atoms with Gasteiger partial charge in [-0.3, -0.25) is 9.36 Å². The number of benzene rings is 1. The number of tetrazole rings is 1. The van der Waals surface area contributed by atoms with E-state index >= 15 is 0 Å². The van der Waals surface area contributed by atoms with Gasteiger partial charge in [-0.25, -0.2) is 9.97 Å². The van der Waals surface area contributed by atoms with E-state index in [-0.39, 0.29) is 12.3 Å². The van der Waals surface area contributed by atoms with Gasteiger partial charge >= 0.3 is 0 Å². The maximum absolute atomic E-state index is 10.9. The second-order valence-corrected chi connectivity index (χ2v) is 9.44. The number of nitrogens with zero attached hydrogens (tertiary/aromatic N) is 10. The lowest BCUT2D eigenvalue weighted by molar-refractivity contribution is -0.122. The number of fused-ring (bicyclic) bond motifs is 1. The third-order valence-electron chi connectivity index (χ3n) is 6.44. The topological polar surface area (TPSA) is 216 Å². The fourth-order valence-electron chi connectivity index (χ4n) is 4.50. The first-order valence-corrected chi connectivity index (χ1v) is 12.9. The van der Waals surface area contributed by atoms with E-state index < -0.39 is 24.5 Å². The minimum Gasteiger partial charge on any atom is -0.483 e. The van der Waals surface area contributed by atoms with E-state index in [1.165, 1.54) is 11.1 Å². The van der Waals surface area contributed by atoms with E-state index in [1.807, 2.05) is 48.1 Å². The Morgan fingerprint density at radius 2 is 1.83 bits per heavy atom. The summed E-state index contributed by atoms with van der Waals surface area (Å²) >= 11 is 0. The Morgan fingerprint density at radius 3 is 2.52 bits per heavy atom. The SMILES string of the molecule is Cn1cnc(CCNc2nc(NCc3ccccc3)c3ncn([C@@H]4O[C@H](c5nnn(C)n5)[C@@H](O)[C@H]4O)c3n2)c1.O=CO. The van der Waals surface area contributed by atoms with Crippen LogP contribution in [-0.4, -0.2) is 89.8 Å². The number of nitrogens with one attached hydrogen (secondary N) is 2. The van der Waals surface area contributed by atoms with Crippen LogP contribution >= 0.6 is 0 Å². The molecule has 0 unspecified atom stereocenters. The molecule has 0 spiro atoms. The van der Waals surface area contributed by atoms with E-state index in [4.69, 9.17) is 14.6 Å². The average Bonchev–Trinajstić information content (AvgIpc) is 3.77. The van der Waals surface area contributed by atoms with Crippen LogP contribution in [0.15, 0.2) is 49.2 Å². The first-order valence-electron chi connectivity index (χ1n) is 12.9. The summed E-state index contributed by atoms with van der Waals surface area (Å²) in [6.07, 6.45) is 1.39. The highest BCUT2D eigenvalue weighted by Crippen LogP contribution is 2.39. The summed E-state index contributed by atoms with van der Waals surface area (Å²) in [5.41, 5.74) is 2.93. The maximum atomic E-state index is 10.9. The van der Waals surface area contributed by atoms with E-state index in [0.717, 1.165) is 11.3 Å². The summed E-state index contributed by atoms with van der Waals surface area (Å²) in [5.74, 6) is 1.06. The quantitative estimate of drug-likeness (QED) is 0.146. The van der Waals surface area contributed by atoms with Crippen LogP contribution in [0.4, 0.5) is 11.8 Å². The van der Waals surface area contributed by atoms with E-state index in [9.17, 15) is 10.2 Å². The number of ether oxygens (including phenoxy) is 1. The molecule has 17 heteroatoms. The van der Waals surface area contributed by atoms with E-state index in [2.05, 4.69) is 46.0 Å². The fourth-order valence-corrected chi connectivity index (χ4v) is 4.50. The Labute approximate surface area is 238 Å². The number of aliphatic hydroxyl groups is 2. The molecule has 1 aromatic carbocycles. The van der Waals surface area contributed by atoms with Crippen LogP contribution in [0.2, 0.25) is 0 Å². The molecule has 4 atom stereocenters. The molecule has 5 N–H and O–H groups in total. The summed E-state index contributed by atoms with van der Waals surface area (Å²) in [5, 5.41) is 47.0. The lowest BCUT2D eigenvalue weighted by atomic mass is 10.1. The molecular weight excluding hydrogens is 548 g/mol. The van der Waals surface area contributed by atoms with Crippen LogP contribution in [-0.2, 0) is 36.6 Å². The molecule has 5 heterocycles. The molecule has 220 valence electrons. The number of aliphatic hydroxyl groups excluding tert-OH is 2. The molecule has 0 amide bonds. The maximum Gasteiger partial charge on any atom is 0.290 e. The Bertz CT molecular complexity index is 1620. The Hall–Kier alpha value is -5.00. The minimum absolute atomic E-state index is 0.174. The summed E-state index contributed by atoms with van der Waals surface area (Å²) in [6, 6.07) is 9.93. The van der Waals surface area contributed by atoms with Crippen molar-refractivity contribution in [3.05, 3.63) is 66.3 Å². The number of anilines is 2. The highest BCUT2D eigenvalue weighted by Gasteiger charge is 2.47. The number of hydrogen-bond acceptors (Lipinski definition) is 13. The van der Waals surface area contributed by atoms with Gasteiger partial charge in [0.2, 0.25) is 11.8 Å². The number of hydrogen-bond donors (Lipinski definition) is 5. The molecule has 0 saturated carbocycles. The molecule has 6 rings (SSSR count). The summed E-state index contributed by atoms with van der Waals surface area (Å²) in [4.78, 5) is 27.9. The van der Waals surface area contributed by atoms with Gasteiger partial charge in [-0.1, -0.05) is 30.3 Å². The number of imidazole rings is 2. The predicted molar refractivity (Wildman–Crippen MR) is 147 cm³/mol. The number of rotatable bonds is 9. The van der Waals surface area contributed by atoms with Crippen molar-refractivity contribution in [2.24, 2.45) is 14.1 Å². The fraction of sp³-hybridized carbons (Fsp3) is 0.360. The molecule has 4 aromatic heterocycles. The first kappa shape index (κ1) is 28.5. The van der Waals surface area contributed by atoms with Crippen LogP contribution in [0.1, 0.15) is 29.4 Å². The van der Waals surface area contributed by atoms with Crippen LogP contribution in [0.3, 0.4) is 0 Å². The van der Waals surface area contributed by atoms with Gasteiger partial charge in [-0.05, 0) is 10.8 Å². The number of carboxylic acid groups (broad SMARTS) is 1. The van der Waals surface area contributed by atoms with Crippen LogP contribution in [0.25, 0.3) is 11.2 Å². The third kappa shape index (κ3) is 6.17. The number of aryl methyl sites for hydroxylation is 2. The highest BCUT2D eigenvalue weighted by molar-refractivity contribution is 5.84. The lowest BCUT2D eigenvalue weighted by Crippen LogP contribution is -2.29. The molecule has 5 aromatic rings. The summed E-state index contributed by atoms with van der Waals surface area (Å²) in [6.45, 7) is 0.825. The van der Waals surface area contributed by atoms with Crippen LogP contribution < -0.4 is 10.6 Å². The van der Waals surface area contributed by atoms with Crippen molar-refractivity contribution in [2.45, 2.75) is 37.5 Å². The molecule has 1 aliphatic heterocycles. The zero-order valence-electron chi connectivity index (χ0n) is 22.8. The normalized spacial score (nSPS) is 19.8. The van der Waals surface area contributed by atoms with Crippen molar-refractivity contribution in [2.75, 3.05) is 17.2 Å². The monoisotopic (exact) mass is 578 g/mol. The minimum atomic E-state index is -1.28. The van der Waals surface area contributed by atoms with Gasteiger partial charge in [0.15, 0.2) is 29.3 Å². The van der Waals surface area contributed by atoms with Crippen molar-refractivity contribution >= 4 is 29.4 Å². The molecular formula is C25H30N12O5. The zero-order valence-corrected chi connectivity index (χ0v) is 22.8. The van der Waals surface area contributed by atoms with Crippen LogP contribution in [0, 0.1) is 0 Å². The Kier molecular flexibility index (Phi) is 8.60. The summed E-state index contributed by atoms with van der Waals surface area (Å²) < 4.78 is 9.50. The van der Waals surface area contributed by atoms with Gasteiger partial charge in [0.25, 0.3) is 6.47 Å². The van der Waals surface area contributed by atoms with E-state index in [1.54, 1.807) is 17.9 Å². The molecule has 1 fully saturated rings. The van der Waals surface area contributed by atoms with Gasteiger partial charge in [-0.2, -0.15) is 14.8 Å². The molecule has 17 nitrogen and oxygen atoms in total. The van der Waals surface area contributed by atoms with Gasteiger partial charge < -0.3 is 35.3 Å². The van der Waals surface area contributed by atoms with Crippen molar-refractivity contribution in [3.8, 4) is 0 Å². The second kappa shape index (κ2) is 12.7. The first-order chi connectivity index (χ1) is 20.4. The Balaban J connectivity index is 0.00000113. The molecule has 0 radical (unpaired) electrons. The van der Waals surface area contributed by atoms with Crippen LogP contribution in [0.5, 0.6) is 0 Å². The predicted octanol–water partition coefficient (Wildman–Crippen LogP) is 0.0427. The zero-order chi connectivity index (χ0) is 29.6. The van der Waals surface area contributed by atoms with Gasteiger partial charge in [-0.15, -0.1) is 10.2 Å².